The van der Waals surface area contributed by atoms with E-state index in [1.165, 1.54) is 0 Å². The molecule has 0 fully saturated rings. The van der Waals surface area contributed by atoms with Crippen molar-refractivity contribution in [2.24, 2.45) is 27.1 Å². The number of furan rings is 3. The fourth-order valence-corrected chi connectivity index (χ4v) is 9.79. The lowest BCUT2D eigenvalue weighted by atomic mass is 9.63. The van der Waals surface area contributed by atoms with Crippen molar-refractivity contribution in [1.29, 1.82) is 0 Å². The van der Waals surface area contributed by atoms with E-state index < -0.39 is 5.41 Å². The Labute approximate surface area is 375 Å². The van der Waals surface area contributed by atoms with E-state index in [2.05, 4.69) is 129 Å². The van der Waals surface area contributed by atoms with Crippen LogP contribution >= 0.6 is 0 Å². The molecule has 12 rings (SSSR count). The largest absolute Gasteiger partial charge is 0.456 e. The monoisotopic (exact) mass is 839 g/mol. The average molecular weight is 840 g/mol. The lowest BCUT2D eigenvalue weighted by Gasteiger charge is -2.40. The Morgan fingerprint density at radius 3 is 1.62 bits per heavy atom. The molecule has 2 aliphatic rings. The Kier molecular flexibility index (Phi) is 8.88. The number of para-hydroxylation sites is 3. The molecular weight excluding hydrogens is 799 g/mol. The Morgan fingerprint density at radius 2 is 1.03 bits per heavy atom. The molecule has 0 amide bonds. The van der Waals surface area contributed by atoms with Gasteiger partial charge in [-0.2, -0.15) is 0 Å². The fourth-order valence-electron chi connectivity index (χ4n) is 9.79. The molecule has 65 heavy (non-hydrogen) atoms. The minimum atomic E-state index is -0.582. The second-order valence-corrected chi connectivity index (χ2v) is 16.9. The van der Waals surface area contributed by atoms with Crippen molar-refractivity contribution < 1.29 is 13.3 Å². The molecular formula is C59H41N3O3. The number of benzene rings is 7. The molecule has 2 atom stereocenters. The van der Waals surface area contributed by atoms with Gasteiger partial charge in [0.05, 0.1) is 5.70 Å². The SMILES string of the molecule is C=C(N=C(N=C(N)c1ccc(-c2cc3ccccc3o2)c2ccccc12)C1=CC=C(c2cc3ccccc3o2)C2C=CC=CC12C)c1ccc(-c2cc3ccccc3o2)c2ccccc12. The number of rotatable bonds is 7. The second kappa shape index (κ2) is 15.1. The highest BCUT2D eigenvalue weighted by Gasteiger charge is 2.42. The minimum absolute atomic E-state index is 0.0872. The van der Waals surface area contributed by atoms with Crippen LogP contribution in [0.25, 0.3) is 88.4 Å². The van der Waals surface area contributed by atoms with Crippen LogP contribution in [0.3, 0.4) is 0 Å². The quantitative estimate of drug-likeness (QED) is 0.128. The number of hydrogen-bond donors (Lipinski definition) is 1. The molecule has 3 aromatic heterocycles. The maximum atomic E-state index is 7.23. The van der Waals surface area contributed by atoms with Gasteiger partial charge in [-0.25, -0.2) is 9.98 Å². The van der Waals surface area contributed by atoms with Crippen molar-refractivity contribution in [2.45, 2.75) is 6.92 Å². The number of amidine groups is 2. The third-order valence-corrected chi connectivity index (χ3v) is 13.1. The third kappa shape index (κ3) is 6.41. The standard InChI is InChI=1S/C59H41N3O3/c1-36(40-26-27-45(42-19-7-6-18-41(40)42)54-33-37-15-3-10-23-51(37)63-54)61-58(50-31-30-48(49-22-13-14-32-59(49,50)2)56-35-39-17-5-12-25-53(39)65-56)62-57(60)47-29-28-46(43-20-8-9-21-44(43)47)55-34-38-16-4-11-24-52(38)64-55/h3-35,49H,1H2,2H3,(H2,60,61,62). The Morgan fingerprint density at radius 1 is 0.538 bits per heavy atom. The van der Waals surface area contributed by atoms with Crippen LogP contribution in [0.5, 0.6) is 0 Å². The van der Waals surface area contributed by atoms with E-state index in [9.17, 15) is 0 Å². The highest BCUT2D eigenvalue weighted by atomic mass is 16.3. The Balaban J connectivity index is 1.02. The predicted molar refractivity (Wildman–Crippen MR) is 268 cm³/mol. The van der Waals surface area contributed by atoms with Gasteiger partial charge in [0, 0.05) is 60.9 Å². The first-order valence-corrected chi connectivity index (χ1v) is 21.8. The van der Waals surface area contributed by atoms with Crippen LogP contribution in [-0.2, 0) is 0 Å². The van der Waals surface area contributed by atoms with Gasteiger partial charge in [0.15, 0.2) is 5.84 Å². The van der Waals surface area contributed by atoms with Gasteiger partial charge in [-0.1, -0.05) is 159 Å². The molecule has 7 aromatic carbocycles. The Hall–Kier alpha value is -8.48. The maximum absolute atomic E-state index is 7.23. The summed E-state index contributed by atoms with van der Waals surface area (Å²) in [4.78, 5) is 10.7. The van der Waals surface area contributed by atoms with Gasteiger partial charge in [0.2, 0.25) is 0 Å². The molecule has 3 heterocycles. The highest BCUT2D eigenvalue weighted by Crippen LogP contribution is 2.51. The van der Waals surface area contributed by atoms with Crippen molar-refractivity contribution in [3.63, 3.8) is 0 Å². The van der Waals surface area contributed by atoms with Crippen molar-refractivity contribution in [1.82, 2.24) is 0 Å². The van der Waals surface area contributed by atoms with E-state index >= 15 is 0 Å². The molecule has 6 heteroatoms. The first-order chi connectivity index (χ1) is 31.9. The van der Waals surface area contributed by atoms with Crippen LogP contribution in [0, 0.1) is 11.3 Å². The van der Waals surface area contributed by atoms with Crippen LogP contribution in [-0.4, -0.2) is 11.7 Å². The summed E-state index contributed by atoms with van der Waals surface area (Å²) in [7, 11) is 0. The van der Waals surface area contributed by atoms with Crippen LogP contribution in [0.1, 0.15) is 23.8 Å². The lowest BCUT2D eigenvalue weighted by molar-refractivity contribution is 0.439. The van der Waals surface area contributed by atoms with Crippen molar-refractivity contribution in [3.8, 4) is 22.6 Å². The van der Waals surface area contributed by atoms with Crippen LogP contribution < -0.4 is 5.73 Å². The number of nitrogens with zero attached hydrogens (tertiary/aromatic N) is 2. The van der Waals surface area contributed by atoms with Crippen molar-refractivity contribution in [2.75, 3.05) is 0 Å². The van der Waals surface area contributed by atoms with E-state index in [-0.39, 0.29) is 5.92 Å². The topological polar surface area (TPSA) is 90.2 Å². The first-order valence-electron chi connectivity index (χ1n) is 21.8. The number of fused-ring (bicyclic) bond motifs is 6. The average Bonchev–Trinajstić information content (AvgIpc) is 4.10. The summed E-state index contributed by atoms with van der Waals surface area (Å²) in [6.07, 6.45) is 12.9. The normalized spacial score (nSPS) is 17.6. The molecule has 0 aliphatic heterocycles. The van der Waals surface area contributed by atoms with Gasteiger partial charge >= 0.3 is 0 Å². The van der Waals surface area contributed by atoms with Crippen LogP contribution in [0.15, 0.2) is 236 Å². The van der Waals surface area contributed by atoms with E-state index in [1.807, 2.05) is 84.9 Å². The van der Waals surface area contributed by atoms with Crippen molar-refractivity contribution >= 4 is 77.4 Å². The number of aliphatic imine (C=N–C) groups is 2. The van der Waals surface area contributed by atoms with Gasteiger partial charge in [-0.15, -0.1) is 0 Å². The molecule has 0 bridgehead atoms. The summed E-state index contributed by atoms with van der Waals surface area (Å²) in [5.74, 6) is 3.13. The van der Waals surface area contributed by atoms with E-state index in [0.29, 0.717) is 17.4 Å². The molecule has 0 radical (unpaired) electrons. The van der Waals surface area contributed by atoms with Gasteiger partial charge in [0.25, 0.3) is 0 Å². The molecule has 6 nitrogen and oxygen atoms in total. The summed E-state index contributed by atoms with van der Waals surface area (Å²) in [6.45, 7) is 6.87. The van der Waals surface area contributed by atoms with Gasteiger partial charge < -0.3 is 19.0 Å². The molecule has 2 N–H and O–H groups in total. The molecule has 310 valence electrons. The summed E-state index contributed by atoms with van der Waals surface area (Å²) < 4.78 is 19.2. The molecule has 10 aromatic rings. The number of allylic oxidation sites excluding steroid dienone is 7. The van der Waals surface area contributed by atoms with Gasteiger partial charge in [0.1, 0.15) is 39.9 Å². The molecule has 2 unspecified atom stereocenters. The van der Waals surface area contributed by atoms with Gasteiger partial charge in [-0.05, 0) is 76.1 Å². The van der Waals surface area contributed by atoms with E-state index in [4.69, 9.17) is 29.0 Å². The third-order valence-electron chi connectivity index (χ3n) is 13.1. The minimum Gasteiger partial charge on any atom is -0.456 e. The number of nitrogens with two attached hydrogens (primary N) is 1. The second-order valence-electron chi connectivity index (χ2n) is 16.9. The summed E-state index contributed by atoms with van der Waals surface area (Å²) in [5, 5.41) is 7.14. The zero-order valence-electron chi connectivity index (χ0n) is 35.5. The lowest BCUT2D eigenvalue weighted by Crippen LogP contribution is -2.34. The number of hydrogen-bond acceptors (Lipinski definition) is 4. The van der Waals surface area contributed by atoms with Gasteiger partial charge in [-0.3, -0.25) is 0 Å². The molecule has 0 saturated carbocycles. The zero-order valence-corrected chi connectivity index (χ0v) is 35.5. The first kappa shape index (κ1) is 38.2. The summed E-state index contributed by atoms with van der Waals surface area (Å²) in [5.41, 5.74) is 15.3. The Bertz CT molecular complexity index is 3690. The summed E-state index contributed by atoms with van der Waals surface area (Å²) >= 11 is 0. The molecule has 2 aliphatic carbocycles. The highest BCUT2D eigenvalue weighted by molar-refractivity contribution is 6.19. The maximum Gasteiger partial charge on any atom is 0.159 e. The zero-order chi connectivity index (χ0) is 43.6. The van der Waals surface area contributed by atoms with E-state index in [0.717, 1.165) is 105 Å². The summed E-state index contributed by atoms with van der Waals surface area (Å²) in [6, 6.07) is 55.4. The molecule has 0 saturated heterocycles. The van der Waals surface area contributed by atoms with Crippen molar-refractivity contribution in [3.05, 3.63) is 229 Å². The van der Waals surface area contributed by atoms with Crippen LogP contribution in [0.2, 0.25) is 0 Å². The fraction of sp³-hybridized carbons (Fsp3) is 0.0508. The smallest absolute Gasteiger partial charge is 0.159 e. The molecule has 0 spiro atoms. The van der Waals surface area contributed by atoms with E-state index in [1.54, 1.807) is 0 Å². The van der Waals surface area contributed by atoms with Crippen LogP contribution in [0.4, 0.5) is 0 Å². The predicted octanol–water partition coefficient (Wildman–Crippen LogP) is 15.1.